The van der Waals surface area contributed by atoms with E-state index in [0.29, 0.717) is 29.7 Å². The molecule has 2 aromatic rings. The number of rotatable bonds is 5. The predicted octanol–water partition coefficient (Wildman–Crippen LogP) is -0.0782. The molecule has 2 heterocycles. The number of nitrogens with two attached hydrogens (primary N) is 1. The number of nitrogens with zero attached hydrogens (tertiary/aromatic N) is 3. The van der Waals surface area contributed by atoms with Gasteiger partial charge in [-0.05, 0) is 18.9 Å². The molecule has 4 N–H and O–H groups in total. The molecule has 11 heteroatoms. The summed E-state index contributed by atoms with van der Waals surface area (Å²) < 4.78 is 28.3. The van der Waals surface area contributed by atoms with E-state index in [0.717, 1.165) is 0 Å². The highest BCUT2D eigenvalue weighted by atomic mass is 32.2. The van der Waals surface area contributed by atoms with Crippen LogP contribution in [0.25, 0.3) is 11.0 Å². The molecule has 0 saturated heterocycles. The molecular formula is C14H19N5O5S. The number of aromatic nitrogens is 3. The fourth-order valence-corrected chi connectivity index (χ4v) is 3.56. The van der Waals surface area contributed by atoms with Gasteiger partial charge in [-0.3, -0.25) is 8.98 Å². The summed E-state index contributed by atoms with van der Waals surface area (Å²) in [6.45, 7) is 1.23. The molecular weight excluding hydrogens is 350 g/mol. The lowest BCUT2D eigenvalue weighted by Gasteiger charge is -2.14. The molecule has 1 aliphatic carbocycles. The van der Waals surface area contributed by atoms with E-state index in [-0.39, 0.29) is 24.5 Å². The highest BCUT2D eigenvalue weighted by Crippen LogP contribution is 2.37. The molecule has 1 saturated carbocycles. The molecule has 3 rings (SSSR count). The molecule has 136 valence electrons. The van der Waals surface area contributed by atoms with Crippen molar-refractivity contribution < 1.29 is 22.5 Å². The number of carbonyl (C=O) groups is 1. The smallest absolute Gasteiger partial charge is 0.333 e. The Balaban J connectivity index is 1.82. The average molecular weight is 369 g/mol. The van der Waals surface area contributed by atoms with E-state index in [1.807, 2.05) is 10.8 Å². The number of nitrogens with one attached hydrogen (secondary N) is 1. The number of hydrogen-bond acceptors (Lipinski definition) is 7. The van der Waals surface area contributed by atoms with Crippen molar-refractivity contribution in [2.75, 3.05) is 11.9 Å². The first-order valence-corrected chi connectivity index (χ1v) is 9.16. The zero-order valence-corrected chi connectivity index (χ0v) is 14.3. The topological polar surface area (TPSA) is 149 Å². The summed E-state index contributed by atoms with van der Waals surface area (Å²) in [5, 5.41) is 18.4. The molecule has 0 unspecified atom stereocenters. The van der Waals surface area contributed by atoms with Crippen LogP contribution < -0.4 is 10.5 Å². The van der Waals surface area contributed by atoms with Gasteiger partial charge >= 0.3 is 10.3 Å². The quantitative estimate of drug-likeness (QED) is 0.667. The molecule has 0 aliphatic heterocycles. The molecule has 1 fully saturated rings. The van der Waals surface area contributed by atoms with Crippen LogP contribution in [0, 0.1) is 5.92 Å². The molecule has 0 aromatic carbocycles. The Hall–Kier alpha value is -2.08. The predicted molar refractivity (Wildman–Crippen MR) is 88.7 cm³/mol. The van der Waals surface area contributed by atoms with Gasteiger partial charge in [0.1, 0.15) is 17.8 Å². The minimum absolute atomic E-state index is 0.0818. The molecule has 25 heavy (non-hydrogen) atoms. The highest BCUT2D eigenvalue weighted by Gasteiger charge is 2.35. The lowest BCUT2D eigenvalue weighted by Crippen LogP contribution is -2.24. The number of hydrogen-bond donors (Lipinski definition) is 3. The third-order valence-electron chi connectivity index (χ3n) is 4.28. The Morgan fingerprint density at radius 1 is 1.48 bits per heavy atom. The lowest BCUT2D eigenvalue weighted by molar-refractivity contribution is -0.114. The van der Waals surface area contributed by atoms with Crippen LogP contribution in [0.5, 0.6) is 0 Å². The van der Waals surface area contributed by atoms with Crippen LogP contribution in [0.2, 0.25) is 0 Å². The molecule has 0 radical (unpaired) electrons. The van der Waals surface area contributed by atoms with E-state index in [1.165, 1.54) is 13.3 Å². The normalized spacial score (nSPS) is 23.9. The molecule has 1 aliphatic rings. The van der Waals surface area contributed by atoms with Gasteiger partial charge in [-0.1, -0.05) is 0 Å². The van der Waals surface area contributed by atoms with Crippen molar-refractivity contribution in [2.45, 2.75) is 31.9 Å². The number of aliphatic hydroxyl groups excluding tert-OH is 1. The summed E-state index contributed by atoms with van der Waals surface area (Å²) in [6.07, 6.45) is 3.41. The summed E-state index contributed by atoms with van der Waals surface area (Å²) in [4.78, 5) is 19.6. The minimum atomic E-state index is -4.04. The highest BCUT2D eigenvalue weighted by molar-refractivity contribution is 7.84. The van der Waals surface area contributed by atoms with Gasteiger partial charge in [0.2, 0.25) is 5.91 Å². The van der Waals surface area contributed by atoms with Crippen molar-refractivity contribution >= 4 is 33.1 Å². The van der Waals surface area contributed by atoms with Gasteiger partial charge in [-0.15, -0.1) is 0 Å². The van der Waals surface area contributed by atoms with E-state index in [4.69, 9.17) is 5.14 Å². The van der Waals surface area contributed by atoms with Gasteiger partial charge in [0.15, 0.2) is 0 Å². The SMILES string of the molecule is CC(=O)Nc1ncnc2c1ccn2[C@@H]1C[C@@H](COS(N)(=O)=O)[C@@H](O)C1. The van der Waals surface area contributed by atoms with Gasteiger partial charge < -0.3 is 15.0 Å². The maximum absolute atomic E-state index is 11.3. The zero-order valence-electron chi connectivity index (χ0n) is 13.5. The molecule has 1 amide bonds. The molecule has 2 aromatic heterocycles. The first kappa shape index (κ1) is 17.7. The van der Waals surface area contributed by atoms with Crippen LogP contribution in [0.3, 0.4) is 0 Å². The molecule has 10 nitrogen and oxygen atoms in total. The van der Waals surface area contributed by atoms with E-state index >= 15 is 0 Å². The van der Waals surface area contributed by atoms with Gasteiger partial charge in [-0.2, -0.15) is 8.42 Å². The zero-order chi connectivity index (χ0) is 18.2. The van der Waals surface area contributed by atoms with E-state index in [1.54, 1.807) is 6.07 Å². The van der Waals surface area contributed by atoms with Crippen molar-refractivity contribution in [3.63, 3.8) is 0 Å². The van der Waals surface area contributed by atoms with Gasteiger partial charge in [0.05, 0.1) is 18.1 Å². The standard InChI is InChI=1S/C14H19N5O5S/c1-8(20)18-13-11-2-3-19(14(11)17-7-16-13)10-4-9(12(21)5-10)6-24-25(15,22)23/h2-3,7,9-10,12,21H,4-6H2,1H3,(H2,15,22,23)(H,16,17,18,20)/t9-,10+,12-/m0/s1. The van der Waals surface area contributed by atoms with Gasteiger partial charge in [-0.25, -0.2) is 15.1 Å². The number of carbonyl (C=O) groups excluding carboxylic acids is 1. The molecule has 3 atom stereocenters. The maximum Gasteiger partial charge on any atom is 0.333 e. The largest absolute Gasteiger partial charge is 0.393 e. The van der Waals surface area contributed by atoms with E-state index in [9.17, 15) is 18.3 Å². The second-order valence-corrected chi connectivity index (χ2v) is 7.32. The summed E-state index contributed by atoms with van der Waals surface area (Å²) in [5.41, 5.74) is 0.629. The second-order valence-electron chi connectivity index (χ2n) is 6.09. The minimum Gasteiger partial charge on any atom is -0.393 e. The van der Waals surface area contributed by atoms with E-state index in [2.05, 4.69) is 19.5 Å². The van der Waals surface area contributed by atoms with Crippen LogP contribution in [0.4, 0.5) is 5.82 Å². The third-order valence-corrected chi connectivity index (χ3v) is 4.74. The first-order chi connectivity index (χ1) is 11.7. The molecule has 0 spiro atoms. The van der Waals surface area contributed by atoms with Crippen molar-refractivity contribution in [1.82, 2.24) is 14.5 Å². The summed E-state index contributed by atoms with van der Waals surface area (Å²) >= 11 is 0. The Morgan fingerprint density at radius 3 is 2.92 bits per heavy atom. The van der Waals surface area contributed by atoms with Crippen molar-refractivity contribution in [3.05, 3.63) is 18.6 Å². The summed E-state index contributed by atoms with van der Waals surface area (Å²) in [6, 6.07) is 1.71. The lowest BCUT2D eigenvalue weighted by atomic mass is 10.1. The second kappa shape index (κ2) is 6.67. The Morgan fingerprint density at radius 2 is 2.24 bits per heavy atom. The fraction of sp³-hybridized carbons (Fsp3) is 0.500. The molecule has 0 bridgehead atoms. The van der Waals surface area contributed by atoms with E-state index < -0.39 is 16.4 Å². The van der Waals surface area contributed by atoms with Gasteiger partial charge in [0.25, 0.3) is 0 Å². The van der Waals surface area contributed by atoms with Gasteiger partial charge in [0, 0.05) is 25.1 Å². The van der Waals surface area contributed by atoms with Crippen molar-refractivity contribution in [1.29, 1.82) is 0 Å². The number of amides is 1. The van der Waals surface area contributed by atoms with Crippen molar-refractivity contribution in [2.24, 2.45) is 11.1 Å². The van der Waals surface area contributed by atoms with Crippen molar-refractivity contribution in [3.8, 4) is 0 Å². The summed E-state index contributed by atoms with van der Waals surface area (Å²) in [5.74, 6) is -0.162. The third kappa shape index (κ3) is 3.95. The Bertz CT molecular complexity index is 896. The number of aliphatic hydroxyl groups is 1. The van der Waals surface area contributed by atoms with Crippen LogP contribution >= 0.6 is 0 Å². The number of fused-ring (bicyclic) bond motifs is 1. The Kier molecular flexibility index (Phi) is 4.73. The monoisotopic (exact) mass is 369 g/mol. The summed E-state index contributed by atoms with van der Waals surface area (Å²) in [7, 11) is -4.04. The fourth-order valence-electron chi connectivity index (χ4n) is 3.19. The van der Waals surface area contributed by atoms with Crippen LogP contribution in [-0.4, -0.2) is 46.7 Å². The average Bonchev–Trinajstić information content (AvgIpc) is 3.08. The Labute approximate surface area is 144 Å². The van der Waals surface area contributed by atoms with Crippen LogP contribution in [0.1, 0.15) is 25.8 Å². The maximum atomic E-state index is 11.3. The first-order valence-electron chi connectivity index (χ1n) is 7.69. The van der Waals surface area contributed by atoms with Crippen LogP contribution in [0.15, 0.2) is 18.6 Å². The number of anilines is 1. The van der Waals surface area contributed by atoms with Crippen LogP contribution in [-0.2, 0) is 19.3 Å².